The molecule has 0 aliphatic carbocycles. The first-order valence-electron chi connectivity index (χ1n) is 35.5. The van der Waals surface area contributed by atoms with E-state index in [0.29, 0.717) is 19.3 Å². The molecule has 12 heteroatoms. The van der Waals surface area contributed by atoms with Gasteiger partial charge in [-0.1, -0.05) is 326 Å². The van der Waals surface area contributed by atoms with Gasteiger partial charge in [0.25, 0.3) is 0 Å². The molecule has 492 valence electrons. The molecule has 0 saturated heterocycles. The fraction of sp³-hybridized carbons (Fsp3) is 0.847. The minimum Gasteiger partial charge on any atom is -0.462 e. The number of ether oxygens (including phenoxy) is 3. The lowest BCUT2D eigenvalue weighted by Gasteiger charge is -2.21. The Hall–Kier alpha value is -2.56. The van der Waals surface area contributed by atoms with E-state index in [9.17, 15) is 28.9 Å². The highest BCUT2D eigenvalue weighted by atomic mass is 31.2. The monoisotopic (exact) mass is 1200 g/mol. The van der Waals surface area contributed by atoms with E-state index in [-0.39, 0.29) is 25.9 Å². The molecule has 0 aliphatic heterocycles. The van der Waals surface area contributed by atoms with Crippen molar-refractivity contribution in [3.05, 3.63) is 48.6 Å². The van der Waals surface area contributed by atoms with Gasteiger partial charge in [0.05, 0.1) is 19.8 Å². The molecule has 0 amide bonds. The molecule has 3 unspecified atom stereocenters. The molecule has 11 nitrogen and oxygen atoms in total. The third-order valence-corrected chi connectivity index (χ3v) is 16.7. The van der Waals surface area contributed by atoms with Crippen LogP contribution in [0.4, 0.5) is 0 Å². The van der Waals surface area contributed by atoms with Gasteiger partial charge in [0, 0.05) is 19.3 Å². The van der Waals surface area contributed by atoms with Gasteiger partial charge >= 0.3 is 25.7 Å². The first-order chi connectivity index (χ1) is 41.2. The van der Waals surface area contributed by atoms with Gasteiger partial charge in [-0.05, 0) is 57.8 Å². The molecule has 0 fully saturated rings. The van der Waals surface area contributed by atoms with Gasteiger partial charge in [0.1, 0.15) is 12.7 Å². The number of carbonyl (C=O) groups excluding carboxylic acids is 3. The van der Waals surface area contributed by atoms with E-state index in [0.717, 1.165) is 103 Å². The van der Waals surface area contributed by atoms with Crippen molar-refractivity contribution in [3.8, 4) is 0 Å². The Balaban J connectivity index is 4.64. The number of hydrogen-bond donors (Lipinski definition) is 2. The molecule has 0 aromatic rings. The topological polar surface area (TPSA) is 155 Å². The summed E-state index contributed by atoms with van der Waals surface area (Å²) in [6.45, 7) is 4.62. The van der Waals surface area contributed by atoms with E-state index in [1.807, 2.05) is 0 Å². The van der Waals surface area contributed by atoms with E-state index in [4.69, 9.17) is 23.3 Å². The van der Waals surface area contributed by atoms with E-state index < -0.39 is 57.8 Å². The Morgan fingerprint density at radius 3 is 0.952 bits per heavy atom. The van der Waals surface area contributed by atoms with Crippen molar-refractivity contribution in [3.63, 3.8) is 0 Å². The van der Waals surface area contributed by atoms with Crippen molar-refractivity contribution in [2.75, 3.05) is 26.4 Å². The summed E-state index contributed by atoms with van der Waals surface area (Å²) in [5.74, 6) is -1.45. The van der Waals surface area contributed by atoms with Crippen LogP contribution < -0.4 is 0 Å². The average Bonchev–Trinajstić information content (AvgIpc) is 3.53. The summed E-state index contributed by atoms with van der Waals surface area (Å²) in [4.78, 5) is 48.9. The van der Waals surface area contributed by atoms with Gasteiger partial charge in [-0.2, -0.15) is 0 Å². The Bertz CT molecular complexity index is 1600. The van der Waals surface area contributed by atoms with Crippen LogP contribution in [0.2, 0.25) is 0 Å². The van der Waals surface area contributed by atoms with Crippen LogP contribution >= 0.6 is 7.82 Å². The van der Waals surface area contributed by atoms with Crippen LogP contribution in [0.15, 0.2) is 48.6 Å². The first-order valence-corrected chi connectivity index (χ1v) is 37.0. The summed E-state index contributed by atoms with van der Waals surface area (Å²) in [7, 11) is -4.76. The second kappa shape index (κ2) is 66.4. The lowest BCUT2D eigenvalue weighted by molar-refractivity contribution is -0.161. The zero-order valence-corrected chi connectivity index (χ0v) is 55.8. The summed E-state index contributed by atoms with van der Waals surface area (Å²) in [6, 6.07) is 0. The van der Waals surface area contributed by atoms with Crippen molar-refractivity contribution in [2.24, 2.45) is 0 Å². The normalized spacial score (nSPS) is 13.4. The highest BCUT2D eigenvalue weighted by Crippen LogP contribution is 2.43. The molecule has 0 bridgehead atoms. The second-order valence-electron chi connectivity index (χ2n) is 24.0. The van der Waals surface area contributed by atoms with Crippen LogP contribution in [0.1, 0.15) is 355 Å². The average molecular weight is 1210 g/mol. The number of rotatable bonds is 67. The molecule has 0 aliphatic rings. The molecule has 3 atom stereocenters. The van der Waals surface area contributed by atoms with E-state index in [2.05, 4.69) is 69.4 Å². The zero-order valence-electron chi connectivity index (χ0n) is 54.9. The molecule has 0 spiro atoms. The number of aliphatic hydroxyl groups excluding tert-OH is 1. The van der Waals surface area contributed by atoms with Crippen LogP contribution in [0.5, 0.6) is 0 Å². The standard InChI is InChI=1S/C72H133O11P/c1-4-7-10-13-16-19-22-25-28-31-34-37-40-43-46-49-52-55-58-61-70(74)79-65-69(83-72(76)63-60-57-54-51-48-45-42-39-36-33-30-27-24-21-18-15-12-9-6-3)67-81-84(77,78)80-66-68(64-73)82-71(75)62-59-56-53-50-47-44-41-38-35-32-29-26-23-20-17-14-11-8-5-2/h9,12,18,21,27,30,36,39,68-69,73H,4-8,10-11,13-17,19-20,22-26,28-29,31-35,37-38,40-67H2,1-3H3,(H,77,78)/b12-9-,21-18-,30-27-,39-36-. The summed E-state index contributed by atoms with van der Waals surface area (Å²) in [5.41, 5.74) is 0. The molecular weight excluding hydrogens is 1070 g/mol. The quantitative estimate of drug-likeness (QED) is 0.0197. The number of unbranched alkanes of at least 4 members (excludes halogenated alkanes) is 42. The van der Waals surface area contributed by atoms with E-state index in [1.54, 1.807) is 0 Å². The van der Waals surface area contributed by atoms with Crippen molar-refractivity contribution in [2.45, 2.75) is 367 Å². The fourth-order valence-corrected chi connectivity index (χ4v) is 11.2. The zero-order chi connectivity index (χ0) is 61.2. The lowest BCUT2D eigenvalue weighted by Crippen LogP contribution is -2.30. The number of phosphoric ester groups is 1. The molecule has 0 rings (SSSR count). The molecule has 0 saturated carbocycles. The molecular formula is C72H133O11P. The summed E-state index contributed by atoms with van der Waals surface area (Å²) >= 11 is 0. The Morgan fingerprint density at radius 1 is 0.345 bits per heavy atom. The minimum atomic E-state index is -4.76. The first kappa shape index (κ1) is 81.4. The molecule has 0 aromatic heterocycles. The summed E-state index contributed by atoms with van der Waals surface area (Å²) < 4.78 is 39.8. The van der Waals surface area contributed by atoms with Crippen LogP contribution in [-0.4, -0.2) is 66.5 Å². The Kier molecular flexibility index (Phi) is 64.4. The van der Waals surface area contributed by atoms with Crippen molar-refractivity contribution >= 4 is 25.7 Å². The number of carbonyl (C=O) groups is 3. The number of hydrogen-bond acceptors (Lipinski definition) is 10. The number of esters is 3. The Morgan fingerprint density at radius 2 is 0.619 bits per heavy atom. The number of aliphatic hydroxyl groups is 1. The minimum absolute atomic E-state index is 0.155. The molecule has 0 heterocycles. The maximum atomic E-state index is 13.0. The number of phosphoric acid groups is 1. The van der Waals surface area contributed by atoms with Crippen molar-refractivity contribution < 1.29 is 52.2 Å². The van der Waals surface area contributed by atoms with Gasteiger partial charge in [-0.15, -0.1) is 0 Å². The van der Waals surface area contributed by atoms with Gasteiger partial charge in [0.2, 0.25) is 0 Å². The molecule has 84 heavy (non-hydrogen) atoms. The van der Waals surface area contributed by atoms with Crippen molar-refractivity contribution in [1.82, 2.24) is 0 Å². The highest BCUT2D eigenvalue weighted by Gasteiger charge is 2.28. The van der Waals surface area contributed by atoms with Gasteiger partial charge in [0.15, 0.2) is 6.10 Å². The Labute approximate surface area is 517 Å². The molecule has 0 radical (unpaired) electrons. The maximum absolute atomic E-state index is 13.0. The van der Waals surface area contributed by atoms with Crippen molar-refractivity contribution in [1.29, 1.82) is 0 Å². The number of allylic oxidation sites excluding steroid dienone is 8. The third kappa shape index (κ3) is 63.9. The fourth-order valence-electron chi connectivity index (χ4n) is 10.4. The highest BCUT2D eigenvalue weighted by molar-refractivity contribution is 7.47. The van der Waals surface area contributed by atoms with Gasteiger partial charge < -0.3 is 24.2 Å². The predicted octanol–water partition coefficient (Wildman–Crippen LogP) is 22.0. The van der Waals surface area contributed by atoms with Crippen LogP contribution in [0.3, 0.4) is 0 Å². The summed E-state index contributed by atoms with van der Waals surface area (Å²) in [5, 5.41) is 9.89. The lowest BCUT2D eigenvalue weighted by atomic mass is 10.0. The summed E-state index contributed by atoms with van der Waals surface area (Å²) in [6.07, 6.45) is 74.9. The molecule has 2 N–H and O–H groups in total. The van der Waals surface area contributed by atoms with Crippen LogP contribution in [0.25, 0.3) is 0 Å². The van der Waals surface area contributed by atoms with E-state index >= 15 is 0 Å². The van der Waals surface area contributed by atoms with Gasteiger partial charge in [-0.3, -0.25) is 23.4 Å². The third-order valence-electron chi connectivity index (χ3n) is 15.8. The van der Waals surface area contributed by atoms with E-state index in [1.165, 1.54) is 193 Å². The largest absolute Gasteiger partial charge is 0.472 e. The van der Waals surface area contributed by atoms with Crippen LogP contribution in [-0.2, 0) is 42.2 Å². The van der Waals surface area contributed by atoms with Gasteiger partial charge in [-0.25, -0.2) is 4.57 Å². The molecule has 0 aromatic carbocycles. The smallest absolute Gasteiger partial charge is 0.462 e. The predicted molar refractivity (Wildman–Crippen MR) is 353 cm³/mol. The SMILES string of the molecule is CC/C=C\C/C=C\C/C=C\C/C=C\CCCCCCCCC(=O)OC(COC(=O)CCCCCCCCCCCCCCCCCCCCC)COP(=O)(O)OCC(CO)OC(=O)CCCCCCCCCCCCCCCCCCCCC. The maximum Gasteiger partial charge on any atom is 0.472 e. The second-order valence-corrected chi connectivity index (χ2v) is 25.5. The van der Waals surface area contributed by atoms with Crippen LogP contribution in [0, 0.1) is 0 Å².